The molecule has 8 nitrogen and oxygen atoms in total. The highest BCUT2D eigenvalue weighted by molar-refractivity contribution is 5.78. The molecule has 3 aromatic rings. The first-order valence-electron chi connectivity index (χ1n) is 8.95. The number of methoxy groups -OCH3 is 1. The molecule has 0 aliphatic carbocycles. The molecule has 148 valence electrons. The van der Waals surface area contributed by atoms with Gasteiger partial charge in [-0.15, -0.1) is 0 Å². The molecule has 3 rings (SSSR count). The average molecular weight is 392 g/mol. The van der Waals surface area contributed by atoms with Crippen molar-refractivity contribution in [3.05, 3.63) is 82.0 Å². The molecule has 0 saturated carbocycles. The fourth-order valence-corrected chi connectivity index (χ4v) is 2.92. The van der Waals surface area contributed by atoms with Crippen LogP contribution in [0.25, 0.3) is 11.4 Å². The summed E-state index contributed by atoms with van der Waals surface area (Å²) in [7, 11) is 1.35. The van der Waals surface area contributed by atoms with Crippen molar-refractivity contribution in [2.45, 2.75) is 12.8 Å². The molecular weight excluding hydrogens is 372 g/mol. The Hall–Kier alpha value is -3.81. The van der Waals surface area contributed by atoms with E-state index in [0.717, 1.165) is 5.56 Å². The topological polar surface area (TPSA) is 107 Å². The van der Waals surface area contributed by atoms with Crippen molar-refractivity contribution in [3.8, 4) is 11.4 Å². The number of aromatic nitrogens is 2. The van der Waals surface area contributed by atoms with Crippen molar-refractivity contribution >= 4 is 17.5 Å². The van der Waals surface area contributed by atoms with Crippen molar-refractivity contribution in [1.29, 1.82) is 0 Å². The second kappa shape index (κ2) is 8.92. The van der Waals surface area contributed by atoms with Gasteiger partial charge in [0.05, 0.1) is 18.0 Å². The maximum absolute atomic E-state index is 12.2. The molecule has 0 unspecified atom stereocenters. The van der Waals surface area contributed by atoms with E-state index >= 15 is 0 Å². The Morgan fingerprint density at radius 3 is 2.59 bits per heavy atom. The molecule has 1 heterocycles. The van der Waals surface area contributed by atoms with Gasteiger partial charge >= 0.3 is 5.97 Å². The maximum atomic E-state index is 12.2. The van der Waals surface area contributed by atoms with E-state index in [4.69, 9.17) is 4.74 Å². The minimum Gasteiger partial charge on any atom is -0.468 e. The first kappa shape index (κ1) is 19.9. The third kappa shape index (κ3) is 4.92. The van der Waals surface area contributed by atoms with Crippen molar-refractivity contribution in [2.24, 2.45) is 0 Å². The van der Waals surface area contributed by atoms with Gasteiger partial charge in [0.15, 0.2) is 5.82 Å². The van der Waals surface area contributed by atoms with Crippen LogP contribution in [0.5, 0.6) is 0 Å². The number of benzene rings is 2. The number of rotatable bonds is 7. The lowest BCUT2D eigenvalue weighted by Crippen LogP contribution is -2.23. The van der Waals surface area contributed by atoms with E-state index in [2.05, 4.69) is 15.3 Å². The van der Waals surface area contributed by atoms with Crippen LogP contribution in [0, 0.1) is 17.0 Å². The zero-order chi connectivity index (χ0) is 20.8. The average Bonchev–Trinajstić information content (AvgIpc) is 2.74. The number of carbonyl (C=O) groups is 1. The number of anilines is 1. The van der Waals surface area contributed by atoms with Crippen LogP contribution >= 0.6 is 0 Å². The largest absolute Gasteiger partial charge is 0.468 e. The number of nitro benzene ring substituents is 1. The van der Waals surface area contributed by atoms with Crippen LogP contribution in [0.3, 0.4) is 0 Å². The Morgan fingerprint density at radius 2 is 1.90 bits per heavy atom. The maximum Gasteiger partial charge on any atom is 0.314 e. The molecule has 1 aromatic heterocycles. The third-order valence-corrected chi connectivity index (χ3v) is 4.34. The third-order valence-electron chi connectivity index (χ3n) is 4.34. The van der Waals surface area contributed by atoms with Crippen LogP contribution in [0.2, 0.25) is 0 Å². The molecule has 1 N–H and O–H groups in total. The SMILES string of the molecule is COC(=O)[C@@H](CNc1cc(C)nc(-c2cccc([N+](=O)[O-])c2)n1)c1ccccc1. The Kier molecular flexibility index (Phi) is 6.13. The monoisotopic (exact) mass is 392 g/mol. The number of nitrogens with one attached hydrogen (secondary N) is 1. The zero-order valence-electron chi connectivity index (χ0n) is 16.0. The smallest absolute Gasteiger partial charge is 0.314 e. The predicted molar refractivity (Wildman–Crippen MR) is 109 cm³/mol. The van der Waals surface area contributed by atoms with Gasteiger partial charge in [-0.1, -0.05) is 42.5 Å². The molecule has 0 fully saturated rings. The number of nitro groups is 1. The van der Waals surface area contributed by atoms with Crippen LogP contribution in [-0.4, -0.2) is 34.5 Å². The highest BCUT2D eigenvalue weighted by Gasteiger charge is 2.21. The fourth-order valence-electron chi connectivity index (χ4n) is 2.92. The summed E-state index contributed by atoms with van der Waals surface area (Å²) < 4.78 is 4.93. The number of nitrogens with zero attached hydrogens (tertiary/aromatic N) is 3. The molecule has 0 bridgehead atoms. The summed E-state index contributed by atoms with van der Waals surface area (Å²) in [5.41, 5.74) is 2.03. The van der Waals surface area contributed by atoms with E-state index in [9.17, 15) is 14.9 Å². The van der Waals surface area contributed by atoms with Gasteiger partial charge < -0.3 is 10.1 Å². The Balaban J connectivity index is 1.85. The molecule has 29 heavy (non-hydrogen) atoms. The van der Waals surface area contributed by atoms with Gasteiger partial charge in [-0.2, -0.15) is 0 Å². The van der Waals surface area contributed by atoms with E-state index in [-0.39, 0.29) is 18.2 Å². The zero-order valence-corrected chi connectivity index (χ0v) is 16.0. The summed E-state index contributed by atoms with van der Waals surface area (Å²) in [5.74, 6) is 0.0282. The van der Waals surface area contributed by atoms with E-state index in [1.807, 2.05) is 37.3 Å². The minimum atomic E-state index is -0.502. The van der Waals surface area contributed by atoms with Gasteiger partial charge in [0.1, 0.15) is 5.82 Å². The molecule has 0 amide bonds. The van der Waals surface area contributed by atoms with Gasteiger partial charge in [-0.3, -0.25) is 14.9 Å². The highest BCUT2D eigenvalue weighted by atomic mass is 16.6. The summed E-state index contributed by atoms with van der Waals surface area (Å²) in [6.07, 6.45) is 0. The summed E-state index contributed by atoms with van der Waals surface area (Å²) >= 11 is 0. The second-order valence-corrected chi connectivity index (χ2v) is 6.39. The fraction of sp³-hybridized carbons (Fsp3) is 0.190. The number of esters is 1. The van der Waals surface area contributed by atoms with Crippen LogP contribution in [0.4, 0.5) is 11.5 Å². The summed E-state index contributed by atoms with van der Waals surface area (Å²) in [5, 5.41) is 14.2. The van der Waals surface area contributed by atoms with Crippen LogP contribution in [0.15, 0.2) is 60.7 Å². The lowest BCUT2D eigenvalue weighted by molar-refractivity contribution is -0.384. The van der Waals surface area contributed by atoms with E-state index < -0.39 is 10.8 Å². The number of ether oxygens (including phenoxy) is 1. The van der Waals surface area contributed by atoms with Crippen LogP contribution < -0.4 is 5.32 Å². The molecule has 0 spiro atoms. The normalized spacial score (nSPS) is 11.5. The van der Waals surface area contributed by atoms with E-state index in [1.54, 1.807) is 18.2 Å². The Bertz CT molecular complexity index is 1020. The van der Waals surface area contributed by atoms with Gasteiger partial charge in [-0.25, -0.2) is 9.97 Å². The highest BCUT2D eigenvalue weighted by Crippen LogP contribution is 2.23. The molecule has 8 heteroatoms. The van der Waals surface area contributed by atoms with Gasteiger partial charge in [0.2, 0.25) is 0 Å². The van der Waals surface area contributed by atoms with Gasteiger partial charge in [0, 0.05) is 36.0 Å². The van der Waals surface area contributed by atoms with Crippen LogP contribution in [-0.2, 0) is 9.53 Å². The number of carbonyl (C=O) groups excluding carboxylic acids is 1. The first-order chi connectivity index (χ1) is 14.0. The lowest BCUT2D eigenvalue weighted by Gasteiger charge is -2.16. The van der Waals surface area contributed by atoms with E-state index in [1.165, 1.54) is 19.2 Å². The van der Waals surface area contributed by atoms with Gasteiger partial charge in [-0.05, 0) is 12.5 Å². The quantitative estimate of drug-likeness (QED) is 0.371. The predicted octanol–water partition coefficient (Wildman–Crippen LogP) is 3.73. The molecule has 0 aliphatic heterocycles. The minimum absolute atomic E-state index is 0.0306. The standard InChI is InChI=1S/C21H20N4O4/c1-14-11-19(22-13-18(21(26)29-2)15-7-4-3-5-8-15)24-20(23-14)16-9-6-10-17(12-16)25(27)28/h3-12,18H,13H2,1-2H3,(H,22,23,24)/t18-/m0/s1. The van der Waals surface area contributed by atoms with Gasteiger partial charge in [0.25, 0.3) is 5.69 Å². The first-order valence-corrected chi connectivity index (χ1v) is 8.95. The number of hydrogen-bond donors (Lipinski definition) is 1. The van der Waals surface area contributed by atoms with E-state index in [0.29, 0.717) is 22.9 Å². The second-order valence-electron chi connectivity index (χ2n) is 6.39. The Morgan fingerprint density at radius 1 is 1.14 bits per heavy atom. The molecule has 2 aromatic carbocycles. The van der Waals surface area contributed by atoms with Crippen molar-refractivity contribution in [1.82, 2.24) is 9.97 Å². The number of non-ortho nitro benzene ring substituents is 1. The summed E-state index contributed by atoms with van der Waals surface area (Å²) in [6, 6.07) is 17.2. The summed E-state index contributed by atoms with van der Waals surface area (Å²) in [4.78, 5) is 31.6. The molecule has 1 atom stereocenters. The lowest BCUT2D eigenvalue weighted by atomic mass is 9.99. The molecule has 0 radical (unpaired) electrons. The number of aryl methyl sites for hydroxylation is 1. The molecule has 0 aliphatic rings. The molecule has 0 saturated heterocycles. The Labute approximate surface area is 167 Å². The molecular formula is C21H20N4O4. The van der Waals surface area contributed by atoms with Crippen molar-refractivity contribution in [2.75, 3.05) is 19.0 Å². The van der Waals surface area contributed by atoms with Crippen molar-refractivity contribution < 1.29 is 14.5 Å². The number of hydrogen-bond acceptors (Lipinski definition) is 7. The van der Waals surface area contributed by atoms with Crippen molar-refractivity contribution in [3.63, 3.8) is 0 Å². The summed E-state index contributed by atoms with van der Waals surface area (Å²) in [6.45, 7) is 2.09. The van der Waals surface area contributed by atoms with Crippen LogP contribution in [0.1, 0.15) is 17.2 Å².